The van der Waals surface area contributed by atoms with Crippen molar-refractivity contribution in [1.29, 1.82) is 0 Å². The first-order valence-electron chi connectivity index (χ1n) is 8.77. The van der Waals surface area contributed by atoms with Crippen LogP contribution in [0.1, 0.15) is 46.9 Å². The zero-order valence-electron chi connectivity index (χ0n) is 15.7. The first-order chi connectivity index (χ1) is 13.3. The molecule has 0 radical (unpaired) electrons. The third-order valence-corrected chi connectivity index (χ3v) is 6.22. The molecule has 4 nitrogen and oxygen atoms in total. The van der Waals surface area contributed by atoms with Crippen LogP contribution in [0.5, 0.6) is 0 Å². The number of carboxylic acid groups (broad SMARTS) is 1. The van der Waals surface area contributed by atoms with Crippen molar-refractivity contribution >= 4 is 45.3 Å². The molecule has 0 amide bonds. The summed E-state index contributed by atoms with van der Waals surface area (Å²) in [4.78, 5) is 17.1. The molecule has 0 aliphatic heterocycles. The van der Waals surface area contributed by atoms with E-state index in [2.05, 4.69) is 25.5 Å². The summed E-state index contributed by atoms with van der Waals surface area (Å²) in [6.07, 6.45) is 3.49. The molecule has 146 valence electrons. The number of rotatable bonds is 6. The normalized spacial score (nSPS) is 11.2. The van der Waals surface area contributed by atoms with Crippen molar-refractivity contribution < 1.29 is 9.90 Å². The third kappa shape index (κ3) is 4.45. The molecule has 0 saturated carbocycles. The topological polar surface area (TPSA) is 55.1 Å². The van der Waals surface area contributed by atoms with Gasteiger partial charge in [0, 0.05) is 44.6 Å². The molecule has 1 N–H and O–H groups in total. The maximum absolute atomic E-state index is 12.1. The number of carboxylic acids is 1. The van der Waals surface area contributed by atoms with Crippen LogP contribution in [0.15, 0.2) is 57.1 Å². The van der Waals surface area contributed by atoms with Crippen LogP contribution in [0.3, 0.4) is 0 Å². The van der Waals surface area contributed by atoms with E-state index in [4.69, 9.17) is 11.6 Å². The van der Waals surface area contributed by atoms with E-state index in [9.17, 15) is 9.90 Å². The van der Waals surface area contributed by atoms with Crippen LogP contribution in [-0.4, -0.2) is 20.6 Å². The first kappa shape index (κ1) is 21.0. The summed E-state index contributed by atoms with van der Waals surface area (Å²) in [6, 6.07) is 9.60. The zero-order chi connectivity index (χ0) is 20.4. The van der Waals surface area contributed by atoms with Gasteiger partial charge in [0.2, 0.25) is 0 Å². The SMILES string of the molecule is Cc1c(C(=O)O)c(C(C)C)c(Sc2cc(Cl)cc(Br)c2)n1Cc1ccncc1. The maximum atomic E-state index is 12.1. The summed E-state index contributed by atoms with van der Waals surface area (Å²) in [7, 11) is 0. The molecule has 0 spiro atoms. The highest BCUT2D eigenvalue weighted by Gasteiger charge is 2.27. The molecule has 7 heteroatoms. The lowest BCUT2D eigenvalue weighted by Gasteiger charge is -2.14. The van der Waals surface area contributed by atoms with Crippen LogP contribution >= 0.6 is 39.3 Å². The van der Waals surface area contributed by atoms with Crippen molar-refractivity contribution in [1.82, 2.24) is 9.55 Å². The molecule has 0 aliphatic rings. The van der Waals surface area contributed by atoms with Crippen LogP contribution < -0.4 is 0 Å². The number of pyridine rings is 1. The molecule has 0 fully saturated rings. The molecule has 0 atom stereocenters. The predicted octanol–water partition coefficient (Wildman–Crippen LogP) is 6.63. The van der Waals surface area contributed by atoms with E-state index >= 15 is 0 Å². The molecule has 0 unspecified atom stereocenters. The highest BCUT2D eigenvalue weighted by atomic mass is 79.9. The van der Waals surface area contributed by atoms with Crippen molar-refractivity contribution in [3.05, 3.63) is 74.6 Å². The van der Waals surface area contributed by atoms with Gasteiger partial charge in [-0.2, -0.15) is 0 Å². The number of nitrogens with zero attached hydrogens (tertiary/aromatic N) is 2. The van der Waals surface area contributed by atoms with Crippen molar-refractivity contribution in [2.24, 2.45) is 0 Å². The second-order valence-corrected chi connectivity index (χ2v) is 9.20. The van der Waals surface area contributed by atoms with Crippen LogP contribution in [0.4, 0.5) is 0 Å². The fourth-order valence-corrected chi connectivity index (χ4v) is 5.64. The van der Waals surface area contributed by atoms with Crippen LogP contribution in [0.25, 0.3) is 0 Å². The fraction of sp³-hybridized carbons (Fsp3) is 0.238. The van der Waals surface area contributed by atoms with Crippen LogP contribution in [0, 0.1) is 6.92 Å². The first-order valence-corrected chi connectivity index (χ1v) is 10.8. The van der Waals surface area contributed by atoms with E-state index in [0.29, 0.717) is 17.1 Å². The quantitative estimate of drug-likeness (QED) is 0.431. The predicted molar refractivity (Wildman–Crippen MR) is 117 cm³/mol. The molecule has 0 saturated heterocycles. The van der Waals surface area contributed by atoms with Crippen molar-refractivity contribution in [2.45, 2.75) is 43.2 Å². The Hall–Kier alpha value is -1.76. The Morgan fingerprint density at radius 1 is 1.29 bits per heavy atom. The minimum absolute atomic E-state index is 0.0635. The van der Waals surface area contributed by atoms with Crippen molar-refractivity contribution in [2.75, 3.05) is 0 Å². The molecule has 1 aromatic carbocycles. The van der Waals surface area contributed by atoms with E-state index in [1.807, 2.05) is 51.1 Å². The molecule has 2 heterocycles. The van der Waals surface area contributed by atoms with Gasteiger partial charge in [-0.05, 0) is 48.7 Å². The molecule has 3 aromatic rings. The minimum atomic E-state index is -0.899. The van der Waals surface area contributed by atoms with Gasteiger partial charge < -0.3 is 9.67 Å². The van der Waals surface area contributed by atoms with Gasteiger partial charge in [-0.1, -0.05) is 53.1 Å². The van der Waals surface area contributed by atoms with Gasteiger partial charge in [-0.3, -0.25) is 4.98 Å². The lowest BCUT2D eigenvalue weighted by molar-refractivity contribution is 0.0694. The number of benzene rings is 1. The highest BCUT2D eigenvalue weighted by Crippen LogP contribution is 2.41. The molecular weight excluding hydrogens is 460 g/mol. The smallest absolute Gasteiger partial charge is 0.337 e. The van der Waals surface area contributed by atoms with Gasteiger partial charge in [-0.25, -0.2) is 4.79 Å². The maximum Gasteiger partial charge on any atom is 0.337 e. The van der Waals surface area contributed by atoms with E-state index in [0.717, 1.165) is 31.2 Å². The number of carbonyl (C=O) groups is 1. The fourth-order valence-electron chi connectivity index (χ4n) is 3.21. The summed E-state index contributed by atoms with van der Waals surface area (Å²) in [5, 5.41) is 11.4. The number of aromatic carboxylic acids is 1. The number of hydrogen-bond donors (Lipinski definition) is 1. The number of aromatic nitrogens is 2. The summed E-state index contributed by atoms with van der Waals surface area (Å²) in [5.41, 5.74) is 3.04. The van der Waals surface area contributed by atoms with E-state index < -0.39 is 5.97 Å². The summed E-state index contributed by atoms with van der Waals surface area (Å²) >= 11 is 11.2. The second-order valence-electron chi connectivity index (χ2n) is 6.79. The van der Waals surface area contributed by atoms with E-state index in [1.54, 1.807) is 12.4 Å². The van der Waals surface area contributed by atoms with Crippen LogP contribution in [-0.2, 0) is 6.54 Å². The van der Waals surface area contributed by atoms with Gasteiger partial charge in [0.05, 0.1) is 10.6 Å². The zero-order valence-corrected chi connectivity index (χ0v) is 18.9. The molecule has 0 bridgehead atoms. The average Bonchev–Trinajstić information content (AvgIpc) is 2.88. The van der Waals surface area contributed by atoms with Gasteiger partial charge in [-0.15, -0.1) is 0 Å². The largest absolute Gasteiger partial charge is 0.478 e. The number of hydrogen-bond acceptors (Lipinski definition) is 3. The lowest BCUT2D eigenvalue weighted by Crippen LogP contribution is -2.05. The van der Waals surface area contributed by atoms with Crippen molar-refractivity contribution in [3.8, 4) is 0 Å². The Balaban J connectivity index is 2.19. The third-order valence-electron chi connectivity index (χ3n) is 4.44. The molecule has 2 aromatic heterocycles. The Morgan fingerprint density at radius 3 is 2.54 bits per heavy atom. The Morgan fingerprint density at radius 2 is 1.96 bits per heavy atom. The molecule has 28 heavy (non-hydrogen) atoms. The monoisotopic (exact) mass is 478 g/mol. The van der Waals surface area contributed by atoms with Gasteiger partial charge >= 0.3 is 5.97 Å². The van der Waals surface area contributed by atoms with Crippen molar-refractivity contribution in [3.63, 3.8) is 0 Å². The standard InChI is InChI=1S/C21H20BrClN2O2S/c1-12(2)18-19(21(26)27)13(3)25(11-14-4-6-24-7-5-14)20(18)28-17-9-15(22)8-16(23)10-17/h4-10,12H,11H2,1-3H3,(H,26,27). The molecular formula is C21H20BrClN2O2S. The molecule has 3 rings (SSSR count). The van der Waals surface area contributed by atoms with Gasteiger partial charge in [0.25, 0.3) is 0 Å². The van der Waals surface area contributed by atoms with E-state index in [1.165, 1.54) is 11.8 Å². The summed E-state index contributed by atoms with van der Waals surface area (Å²) in [6.45, 7) is 6.49. The Bertz CT molecular complexity index is 999. The van der Waals surface area contributed by atoms with Gasteiger partial charge in [0.15, 0.2) is 0 Å². The molecule has 0 aliphatic carbocycles. The van der Waals surface area contributed by atoms with Gasteiger partial charge in [0.1, 0.15) is 0 Å². The lowest BCUT2D eigenvalue weighted by atomic mass is 10.0. The minimum Gasteiger partial charge on any atom is -0.478 e. The van der Waals surface area contributed by atoms with E-state index in [-0.39, 0.29) is 5.92 Å². The number of halogens is 2. The highest BCUT2D eigenvalue weighted by molar-refractivity contribution is 9.10. The summed E-state index contributed by atoms with van der Waals surface area (Å²) in [5.74, 6) is -0.836. The Labute approximate surface area is 182 Å². The average molecular weight is 480 g/mol. The summed E-state index contributed by atoms with van der Waals surface area (Å²) < 4.78 is 2.96. The second kappa shape index (κ2) is 8.72. The van der Waals surface area contributed by atoms with Crippen LogP contribution in [0.2, 0.25) is 5.02 Å². The Kier molecular flexibility index (Phi) is 6.53.